The van der Waals surface area contributed by atoms with E-state index in [1.165, 1.54) is 78.3 Å². The molecule has 6 rings (SSSR count). The zero-order valence-electron chi connectivity index (χ0n) is 20.7. The largest absolute Gasteiger partial charge is 0.307 e. The zero-order chi connectivity index (χ0) is 23.1. The molecule has 166 valence electrons. The maximum absolute atomic E-state index is 2.59. The van der Waals surface area contributed by atoms with Crippen LogP contribution in [0.4, 0.5) is 0 Å². The van der Waals surface area contributed by atoms with Crippen molar-refractivity contribution in [3.05, 3.63) is 65.9 Å². The molecule has 33 heavy (non-hydrogen) atoms. The topological polar surface area (TPSA) is 8.29 Å². The zero-order valence-corrected chi connectivity index (χ0v) is 21.7. The predicted molar refractivity (Wildman–Crippen MR) is 146 cm³/mol. The average Bonchev–Trinajstić information content (AvgIpc) is 3.16. The Bertz CT molecular complexity index is 1690. The molecule has 0 atom stereocenters. The fourth-order valence-electron chi connectivity index (χ4n) is 6.52. The van der Waals surface area contributed by atoms with Crippen LogP contribution in [0.1, 0.15) is 31.9 Å². The van der Waals surface area contributed by atoms with Crippen molar-refractivity contribution in [2.45, 2.75) is 52.8 Å². The van der Waals surface area contributed by atoms with Crippen molar-refractivity contribution < 1.29 is 4.57 Å². The van der Waals surface area contributed by atoms with Gasteiger partial charge >= 0.3 is 0 Å². The molecule has 6 aromatic rings. The molecule has 0 saturated heterocycles. The highest BCUT2D eigenvalue weighted by Gasteiger charge is 2.32. The Morgan fingerprint density at radius 3 is 2.27 bits per heavy atom. The molecule has 0 bridgehead atoms. The van der Waals surface area contributed by atoms with E-state index in [1.54, 1.807) is 5.19 Å². The smallest absolute Gasteiger partial charge is 0.224 e. The Morgan fingerprint density at radius 2 is 1.55 bits per heavy atom. The van der Waals surface area contributed by atoms with Crippen molar-refractivity contribution >= 4 is 62.3 Å². The normalized spacial score (nSPS) is 12.9. The van der Waals surface area contributed by atoms with Crippen LogP contribution < -0.4 is 9.75 Å². The Morgan fingerprint density at radius 1 is 0.818 bits per heavy atom. The molecule has 3 heterocycles. The van der Waals surface area contributed by atoms with Crippen molar-refractivity contribution in [2.24, 2.45) is 7.05 Å². The highest BCUT2D eigenvalue weighted by molar-refractivity contribution is 6.92. The van der Waals surface area contributed by atoms with Crippen molar-refractivity contribution in [3.63, 3.8) is 0 Å². The molecular formula is C30H33N2Si+. The first-order valence-electron chi connectivity index (χ1n) is 12.5. The van der Waals surface area contributed by atoms with E-state index in [0.29, 0.717) is 0 Å². The number of nitrogens with zero attached hydrogens (tertiary/aromatic N) is 2. The molecule has 3 aromatic heterocycles. The van der Waals surface area contributed by atoms with Crippen LogP contribution in [0.15, 0.2) is 54.7 Å². The van der Waals surface area contributed by atoms with Gasteiger partial charge in [0.1, 0.15) is 7.05 Å². The Kier molecular flexibility index (Phi) is 4.41. The van der Waals surface area contributed by atoms with Crippen molar-refractivity contribution in [3.8, 4) is 0 Å². The van der Waals surface area contributed by atoms with Crippen LogP contribution >= 0.6 is 0 Å². The summed E-state index contributed by atoms with van der Waals surface area (Å²) in [4.78, 5) is 0. The summed E-state index contributed by atoms with van der Waals surface area (Å²) in [6, 6.07) is 22.8. The average molecular weight is 450 g/mol. The molecule has 0 spiro atoms. The van der Waals surface area contributed by atoms with Crippen molar-refractivity contribution in [1.29, 1.82) is 0 Å². The van der Waals surface area contributed by atoms with E-state index < -0.39 is 8.07 Å². The van der Waals surface area contributed by atoms with Crippen LogP contribution in [0.2, 0.25) is 18.1 Å². The minimum atomic E-state index is -1.53. The molecule has 0 aliphatic carbocycles. The molecule has 0 saturated carbocycles. The minimum absolute atomic E-state index is 1.30. The van der Waals surface area contributed by atoms with Crippen molar-refractivity contribution in [1.82, 2.24) is 4.40 Å². The summed E-state index contributed by atoms with van der Waals surface area (Å²) in [5, 5.41) is 8.55. The molecule has 0 fully saturated rings. The summed E-state index contributed by atoms with van der Waals surface area (Å²) in [6.45, 7) is 11.8. The summed E-state index contributed by atoms with van der Waals surface area (Å²) in [5.41, 5.74) is 8.21. The molecule has 0 aliphatic heterocycles. The fraction of sp³-hybridized carbons (Fsp3) is 0.300. The van der Waals surface area contributed by atoms with Gasteiger partial charge in [0.2, 0.25) is 5.52 Å². The number of fused-ring (bicyclic) bond motifs is 5. The third-order valence-corrected chi connectivity index (χ3v) is 14.4. The summed E-state index contributed by atoms with van der Waals surface area (Å²) >= 11 is 0. The monoisotopic (exact) mass is 449 g/mol. The number of aryl methyl sites for hydroxylation is 3. The summed E-state index contributed by atoms with van der Waals surface area (Å²) in [6.07, 6.45) is 2.27. The Labute approximate surface area is 196 Å². The van der Waals surface area contributed by atoms with Gasteiger partial charge in [0.25, 0.3) is 0 Å². The van der Waals surface area contributed by atoms with E-state index in [-0.39, 0.29) is 0 Å². The maximum Gasteiger partial charge on any atom is 0.224 e. The standard InChI is InChI=1S/C30H33N2Si/c1-7-33(8-2,9-3)22-17-21-14-15-31(6)30-27-20(5)19(4)16-24-23-12-10-11-13-25(23)32(29(24)27)26(18-22)28(21)30/h10-18H,7-9H2,1-6H3/q+1. The lowest BCUT2D eigenvalue weighted by Gasteiger charge is -2.29. The number of pyridine rings is 2. The number of hydrogen-bond donors (Lipinski definition) is 0. The van der Waals surface area contributed by atoms with Crippen LogP contribution in [-0.4, -0.2) is 12.5 Å². The third-order valence-electron chi connectivity index (χ3n) is 8.81. The maximum atomic E-state index is 2.59. The van der Waals surface area contributed by atoms with Gasteiger partial charge in [-0.05, 0) is 48.6 Å². The van der Waals surface area contributed by atoms with Gasteiger partial charge in [-0.1, -0.05) is 68.4 Å². The highest BCUT2D eigenvalue weighted by atomic mass is 28.3. The summed E-state index contributed by atoms with van der Waals surface area (Å²) < 4.78 is 4.93. The van der Waals surface area contributed by atoms with Crippen LogP contribution in [0.3, 0.4) is 0 Å². The third kappa shape index (κ3) is 2.52. The van der Waals surface area contributed by atoms with Gasteiger partial charge in [0.05, 0.1) is 35.4 Å². The Hall–Kier alpha value is -2.91. The molecule has 0 aliphatic rings. The SMILES string of the molecule is CC[Si](CC)(CC)c1cc2cc[n+](C)c3c4c(C)c(C)cc5c6ccccc6n(c(c1)c23)c54. The quantitative estimate of drug-likeness (QED) is 0.117. The Balaban J connectivity index is 2.00. The summed E-state index contributed by atoms with van der Waals surface area (Å²) in [5.74, 6) is 0. The van der Waals surface area contributed by atoms with E-state index in [2.05, 4.69) is 105 Å². The lowest BCUT2D eigenvalue weighted by Crippen LogP contribution is -2.45. The molecular weight excluding hydrogens is 416 g/mol. The predicted octanol–water partition coefficient (Wildman–Crippen LogP) is 7.15. The van der Waals surface area contributed by atoms with Gasteiger partial charge < -0.3 is 4.40 Å². The van der Waals surface area contributed by atoms with Crippen LogP contribution in [0.5, 0.6) is 0 Å². The van der Waals surface area contributed by atoms with Gasteiger partial charge in [-0.3, -0.25) is 0 Å². The first kappa shape index (κ1) is 20.7. The second-order valence-electron chi connectivity index (χ2n) is 10.0. The first-order chi connectivity index (χ1) is 16.0. The van der Waals surface area contributed by atoms with E-state index >= 15 is 0 Å². The number of benzene rings is 3. The van der Waals surface area contributed by atoms with Crippen molar-refractivity contribution in [2.75, 3.05) is 0 Å². The molecule has 0 unspecified atom stereocenters. The fourth-order valence-corrected chi connectivity index (χ4v) is 10.2. The number of para-hydroxylation sites is 1. The molecule has 0 amide bonds. The van der Waals surface area contributed by atoms with E-state index in [4.69, 9.17) is 0 Å². The molecule has 0 N–H and O–H groups in total. The molecule has 0 radical (unpaired) electrons. The van der Waals surface area contributed by atoms with E-state index in [9.17, 15) is 0 Å². The highest BCUT2D eigenvalue weighted by Crippen LogP contribution is 2.41. The van der Waals surface area contributed by atoms with Gasteiger partial charge in [-0.15, -0.1) is 0 Å². The number of hydrogen-bond acceptors (Lipinski definition) is 0. The van der Waals surface area contributed by atoms with Crippen LogP contribution in [0, 0.1) is 13.8 Å². The first-order valence-corrected chi connectivity index (χ1v) is 15.1. The van der Waals surface area contributed by atoms with Crippen LogP contribution in [-0.2, 0) is 7.05 Å². The van der Waals surface area contributed by atoms with Gasteiger partial charge in [-0.2, -0.15) is 0 Å². The summed E-state index contributed by atoms with van der Waals surface area (Å²) in [7, 11) is 0.683. The van der Waals surface area contributed by atoms with Gasteiger partial charge in [0.15, 0.2) is 6.20 Å². The lowest BCUT2D eigenvalue weighted by atomic mass is 9.96. The van der Waals surface area contributed by atoms with Gasteiger partial charge in [-0.25, -0.2) is 4.57 Å². The van der Waals surface area contributed by atoms with E-state index in [0.717, 1.165) is 0 Å². The second kappa shape index (κ2) is 7.04. The lowest BCUT2D eigenvalue weighted by molar-refractivity contribution is -0.643. The molecule has 3 aromatic carbocycles. The second-order valence-corrected chi connectivity index (χ2v) is 15.3. The van der Waals surface area contributed by atoms with Gasteiger partial charge in [0, 0.05) is 16.8 Å². The molecule has 3 heteroatoms. The van der Waals surface area contributed by atoms with E-state index in [1.807, 2.05) is 0 Å². The minimum Gasteiger partial charge on any atom is -0.307 e. The number of aromatic nitrogens is 2. The molecule has 2 nitrogen and oxygen atoms in total. The van der Waals surface area contributed by atoms with Crippen LogP contribution in [0.25, 0.3) is 49.0 Å². The number of rotatable bonds is 4.